The molecule has 0 radical (unpaired) electrons. The van der Waals surface area contributed by atoms with E-state index in [1.54, 1.807) is 13.8 Å². The predicted octanol–water partition coefficient (Wildman–Crippen LogP) is 3.01. The highest BCUT2D eigenvalue weighted by Gasteiger charge is 2.50. The zero-order valence-electron chi connectivity index (χ0n) is 12.2. The van der Waals surface area contributed by atoms with Crippen LogP contribution in [0.15, 0.2) is 11.6 Å². The Morgan fingerprint density at radius 1 is 1.11 bits per heavy atom. The van der Waals surface area contributed by atoms with Gasteiger partial charge in [-0.05, 0) is 51.5 Å². The maximum absolute atomic E-state index is 12.3. The normalized spacial score (nSPS) is 15.6. The molecule has 108 valence electrons. The minimum absolute atomic E-state index is 0.271. The van der Waals surface area contributed by atoms with E-state index in [4.69, 9.17) is 9.47 Å². The Labute approximate surface area is 115 Å². The zero-order valence-corrected chi connectivity index (χ0v) is 12.2. The summed E-state index contributed by atoms with van der Waals surface area (Å²) in [5, 5.41) is 0. The third kappa shape index (κ3) is 3.17. The van der Waals surface area contributed by atoms with Crippen LogP contribution in [0, 0.1) is 5.41 Å². The molecule has 0 fully saturated rings. The average molecular weight is 268 g/mol. The summed E-state index contributed by atoms with van der Waals surface area (Å²) < 4.78 is 10.3. The van der Waals surface area contributed by atoms with E-state index in [0.717, 1.165) is 31.3 Å². The summed E-state index contributed by atoms with van der Waals surface area (Å²) in [6.07, 6.45) is 6.19. The van der Waals surface area contributed by atoms with Crippen molar-refractivity contribution in [3.05, 3.63) is 11.6 Å². The maximum Gasteiger partial charge on any atom is 0.327 e. The van der Waals surface area contributed by atoms with Gasteiger partial charge in [0.05, 0.1) is 13.2 Å². The number of carbonyl (C=O) groups is 2. The molecule has 4 nitrogen and oxygen atoms in total. The van der Waals surface area contributed by atoms with Crippen molar-refractivity contribution in [1.82, 2.24) is 0 Å². The Bertz CT molecular complexity index is 339. The van der Waals surface area contributed by atoms with Gasteiger partial charge in [-0.3, -0.25) is 9.59 Å². The second-order valence-corrected chi connectivity index (χ2v) is 4.67. The highest BCUT2D eigenvalue weighted by atomic mass is 16.6. The molecule has 19 heavy (non-hydrogen) atoms. The van der Waals surface area contributed by atoms with Crippen LogP contribution in [-0.2, 0) is 19.1 Å². The largest absolute Gasteiger partial charge is 0.465 e. The molecule has 0 aromatic carbocycles. The quantitative estimate of drug-likeness (QED) is 0.422. The molecule has 0 saturated carbocycles. The lowest BCUT2D eigenvalue weighted by Gasteiger charge is -2.32. The molecule has 0 heterocycles. The van der Waals surface area contributed by atoms with Crippen LogP contribution in [0.25, 0.3) is 0 Å². The van der Waals surface area contributed by atoms with Crippen molar-refractivity contribution >= 4 is 11.9 Å². The summed E-state index contributed by atoms with van der Waals surface area (Å²) in [6.45, 7) is 5.88. The van der Waals surface area contributed by atoms with Gasteiger partial charge >= 0.3 is 11.9 Å². The standard InChI is InChI=1S/C15H24O4/c1-4-15(13(16)18-5-2,14(17)19-6-3)12-10-8-7-9-11-12/h10H,4-9,11H2,1-3H3. The number of allylic oxidation sites excluding steroid dienone is 1. The van der Waals surface area contributed by atoms with Gasteiger partial charge in [0, 0.05) is 0 Å². The highest BCUT2D eigenvalue weighted by Crippen LogP contribution is 2.40. The summed E-state index contributed by atoms with van der Waals surface area (Å²) in [7, 11) is 0. The van der Waals surface area contributed by atoms with E-state index < -0.39 is 17.4 Å². The number of esters is 2. The molecule has 1 aliphatic rings. The van der Waals surface area contributed by atoms with Crippen LogP contribution in [0.1, 0.15) is 52.9 Å². The Morgan fingerprint density at radius 2 is 1.68 bits per heavy atom. The van der Waals surface area contributed by atoms with E-state index in [0.29, 0.717) is 6.42 Å². The van der Waals surface area contributed by atoms with E-state index in [1.807, 2.05) is 13.0 Å². The Hall–Kier alpha value is -1.32. The van der Waals surface area contributed by atoms with Gasteiger partial charge in [0.2, 0.25) is 0 Å². The summed E-state index contributed by atoms with van der Waals surface area (Å²) in [4.78, 5) is 24.7. The molecule has 0 aromatic rings. The molecule has 0 amide bonds. The van der Waals surface area contributed by atoms with E-state index in [1.165, 1.54) is 0 Å². The first kappa shape index (κ1) is 15.7. The second-order valence-electron chi connectivity index (χ2n) is 4.67. The minimum Gasteiger partial charge on any atom is -0.465 e. The molecule has 0 aliphatic heterocycles. The van der Waals surface area contributed by atoms with Crippen LogP contribution in [-0.4, -0.2) is 25.2 Å². The molecular formula is C15H24O4. The van der Waals surface area contributed by atoms with Crippen molar-refractivity contribution in [1.29, 1.82) is 0 Å². The Kier molecular flexibility index (Phi) is 6.06. The third-order valence-corrected chi connectivity index (χ3v) is 3.62. The fraction of sp³-hybridized carbons (Fsp3) is 0.733. The summed E-state index contributed by atoms with van der Waals surface area (Å²) in [5.41, 5.74) is -0.356. The van der Waals surface area contributed by atoms with Crippen molar-refractivity contribution < 1.29 is 19.1 Å². The van der Waals surface area contributed by atoms with Crippen molar-refractivity contribution in [2.75, 3.05) is 13.2 Å². The summed E-state index contributed by atoms with van der Waals surface area (Å²) >= 11 is 0. The summed E-state index contributed by atoms with van der Waals surface area (Å²) in [6, 6.07) is 0. The van der Waals surface area contributed by atoms with Crippen molar-refractivity contribution in [3.8, 4) is 0 Å². The van der Waals surface area contributed by atoms with Crippen molar-refractivity contribution in [2.45, 2.75) is 52.9 Å². The molecule has 1 rings (SSSR count). The van der Waals surface area contributed by atoms with Gasteiger partial charge in [0.1, 0.15) is 0 Å². The molecule has 0 atom stereocenters. The molecule has 0 spiro atoms. The fourth-order valence-corrected chi connectivity index (χ4v) is 2.60. The van der Waals surface area contributed by atoms with E-state index in [9.17, 15) is 9.59 Å². The highest BCUT2D eigenvalue weighted by molar-refractivity contribution is 6.03. The molecule has 0 aromatic heterocycles. The first-order valence-corrected chi connectivity index (χ1v) is 7.17. The maximum atomic E-state index is 12.3. The lowest BCUT2D eigenvalue weighted by Crippen LogP contribution is -2.43. The molecule has 0 N–H and O–H groups in total. The zero-order chi connectivity index (χ0) is 14.3. The van der Waals surface area contributed by atoms with Crippen molar-refractivity contribution in [2.24, 2.45) is 5.41 Å². The first-order valence-electron chi connectivity index (χ1n) is 7.17. The number of rotatable bonds is 6. The van der Waals surface area contributed by atoms with Gasteiger partial charge in [0.25, 0.3) is 0 Å². The second kappa shape index (κ2) is 7.31. The minimum atomic E-state index is -1.23. The Morgan fingerprint density at radius 3 is 2.05 bits per heavy atom. The summed E-state index contributed by atoms with van der Waals surface area (Å²) in [5.74, 6) is -0.937. The van der Waals surface area contributed by atoms with Crippen LogP contribution in [0.2, 0.25) is 0 Å². The first-order chi connectivity index (χ1) is 9.13. The fourth-order valence-electron chi connectivity index (χ4n) is 2.60. The van der Waals surface area contributed by atoms with E-state index >= 15 is 0 Å². The van der Waals surface area contributed by atoms with E-state index in [-0.39, 0.29) is 13.2 Å². The van der Waals surface area contributed by atoms with Crippen LogP contribution >= 0.6 is 0 Å². The van der Waals surface area contributed by atoms with Gasteiger partial charge in [-0.1, -0.05) is 13.0 Å². The molecule has 4 heteroatoms. The molecule has 0 bridgehead atoms. The van der Waals surface area contributed by atoms with Gasteiger partial charge in [-0.15, -0.1) is 0 Å². The van der Waals surface area contributed by atoms with Crippen molar-refractivity contribution in [3.63, 3.8) is 0 Å². The molecule has 0 saturated heterocycles. The van der Waals surface area contributed by atoms with Gasteiger partial charge in [-0.25, -0.2) is 0 Å². The molecular weight excluding hydrogens is 244 g/mol. The van der Waals surface area contributed by atoms with Crippen LogP contribution in [0.5, 0.6) is 0 Å². The number of hydrogen-bond acceptors (Lipinski definition) is 4. The SMILES string of the molecule is CCOC(=O)C(CC)(C(=O)OCC)C1=CCCCC1. The molecule has 1 aliphatic carbocycles. The van der Waals surface area contributed by atoms with E-state index in [2.05, 4.69) is 0 Å². The van der Waals surface area contributed by atoms with Crippen LogP contribution in [0.3, 0.4) is 0 Å². The molecule has 0 unspecified atom stereocenters. The smallest absolute Gasteiger partial charge is 0.327 e. The Balaban J connectivity index is 3.15. The van der Waals surface area contributed by atoms with Crippen LogP contribution in [0.4, 0.5) is 0 Å². The third-order valence-electron chi connectivity index (χ3n) is 3.62. The number of hydrogen-bond donors (Lipinski definition) is 0. The number of ether oxygens (including phenoxy) is 2. The lowest BCUT2D eigenvalue weighted by molar-refractivity contribution is -0.169. The lowest BCUT2D eigenvalue weighted by atomic mass is 9.73. The predicted molar refractivity (Wildman–Crippen MR) is 72.5 cm³/mol. The van der Waals surface area contributed by atoms with Crippen LogP contribution < -0.4 is 0 Å². The van der Waals surface area contributed by atoms with Gasteiger partial charge in [0.15, 0.2) is 5.41 Å². The number of carbonyl (C=O) groups excluding carboxylic acids is 2. The van der Waals surface area contributed by atoms with Gasteiger partial charge < -0.3 is 9.47 Å². The van der Waals surface area contributed by atoms with Gasteiger partial charge in [-0.2, -0.15) is 0 Å². The topological polar surface area (TPSA) is 52.6 Å². The monoisotopic (exact) mass is 268 g/mol. The average Bonchev–Trinajstić information content (AvgIpc) is 2.42.